The number of fused-ring (bicyclic) bond motifs is 3. The summed E-state index contributed by atoms with van der Waals surface area (Å²) in [5.41, 5.74) is 3.75. The minimum Gasteiger partial charge on any atom is -0.456 e. The van der Waals surface area contributed by atoms with Crippen LogP contribution in [-0.4, -0.2) is 15.1 Å². The monoisotopic (exact) mass is 203 g/mol. The molecule has 0 spiro atoms. The van der Waals surface area contributed by atoms with Crippen LogP contribution in [0.2, 0.25) is 6.82 Å². The Morgan fingerprint density at radius 2 is 1.69 bits per heavy atom. The molecule has 16 heavy (non-hydrogen) atoms. The summed E-state index contributed by atoms with van der Waals surface area (Å²) in [6.45, 7) is 2.03. The van der Waals surface area contributed by atoms with Crippen LogP contribution in [0.25, 0.3) is 21.9 Å². The van der Waals surface area contributed by atoms with E-state index >= 15 is 0 Å². The first-order chi connectivity index (χ1) is 7.78. The normalized spacial score (nSPS) is 11.1. The summed E-state index contributed by atoms with van der Waals surface area (Å²) in [5.74, 6) is 0. The summed E-state index contributed by atoms with van der Waals surface area (Å²) in [4.78, 5) is 0. The molecule has 3 radical (unpaired) electrons. The molecule has 0 saturated carbocycles. The Morgan fingerprint density at radius 1 is 1.00 bits per heavy atom. The van der Waals surface area contributed by atoms with Crippen molar-refractivity contribution in [1.29, 1.82) is 0 Å². The highest BCUT2D eigenvalue weighted by Gasteiger charge is 2.06. The van der Waals surface area contributed by atoms with Gasteiger partial charge in [0.2, 0.25) is 0 Å². The summed E-state index contributed by atoms with van der Waals surface area (Å²) in [6, 6.07) is 11.9. The predicted molar refractivity (Wildman–Crippen MR) is 70.4 cm³/mol. The molecule has 1 nitrogen and oxygen atoms in total. The zero-order valence-corrected chi connectivity index (χ0v) is 9.03. The van der Waals surface area contributed by atoms with Gasteiger partial charge in [-0.25, -0.2) is 0 Å². The second-order valence-electron chi connectivity index (χ2n) is 3.90. The molecule has 2 aromatic carbocycles. The van der Waals surface area contributed by atoms with Crippen LogP contribution in [-0.2, 0) is 0 Å². The second kappa shape index (κ2) is 3.44. The van der Waals surface area contributed by atoms with E-state index in [-0.39, 0.29) is 0 Å². The first kappa shape index (κ1) is 9.59. The van der Waals surface area contributed by atoms with Crippen LogP contribution in [0.1, 0.15) is 0 Å². The van der Waals surface area contributed by atoms with Crippen molar-refractivity contribution in [3.63, 3.8) is 0 Å². The summed E-state index contributed by atoms with van der Waals surface area (Å²) < 4.78 is 5.74. The molecule has 0 fully saturated rings. The lowest BCUT2D eigenvalue weighted by molar-refractivity contribution is 0.669. The average Bonchev–Trinajstić information content (AvgIpc) is 2.66. The van der Waals surface area contributed by atoms with Gasteiger partial charge in [0.25, 0.3) is 0 Å². The van der Waals surface area contributed by atoms with Crippen molar-refractivity contribution in [2.24, 2.45) is 0 Å². The molecule has 3 rings (SSSR count). The van der Waals surface area contributed by atoms with Crippen molar-refractivity contribution >= 4 is 48.0 Å². The fourth-order valence-electron chi connectivity index (χ4n) is 1.99. The predicted octanol–water partition coefficient (Wildman–Crippen LogP) is 1.76. The summed E-state index contributed by atoms with van der Waals surface area (Å²) in [6.07, 6.45) is 0. The Labute approximate surface area is 96.1 Å². The lowest BCUT2D eigenvalue weighted by Gasteiger charge is -1.95. The molecular weight excluding hydrogens is 194 g/mol. The summed E-state index contributed by atoms with van der Waals surface area (Å²) in [7, 11) is 7.87. The third kappa shape index (κ3) is 1.35. The largest absolute Gasteiger partial charge is 0.456 e. The van der Waals surface area contributed by atoms with Crippen LogP contribution < -0.4 is 10.9 Å². The number of benzene rings is 2. The maximum atomic E-state index is 5.80. The highest BCUT2D eigenvalue weighted by atomic mass is 16.3. The van der Waals surface area contributed by atoms with Gasteiger partial charge in [0.15, 0.2) is 0 Å². The fraction of sp³-hybridized carbons (Fsp3) is 0.0769. The third-order valence-electron chi connectivity index (χ3n) is 2.85. The molecule has 0 aliphatic heterocycles. The number of hydrogen-bond donors (Lipinski definition) is 0. The fourth-order valence-corrected chi connectivity index (χ4v) is 1.99. The number of furan rings is 1. The van der Waals surface area contributed by atoms with Crippen LogP contribution in [0.15, 0.2) is 40.8 Å². The minimum absolute atomic E-state index is 0.765. The van der Waals surface area contributed by atoms with Gasteiger partial charge in [-0.15, -0.1) is 0 Å². The maximum absolute atomic E-state index is 5.80. The van der Waals surface area contributed by atoms with Crippen molar-refractivity contribution in [1.82, 2.24) is 0 Å². The van der Waals surface area contributed by atoms with Crippen molar-refractivity contribution < 1.29 is 4.42 Å². The van der Waals surface area contributed by atoms with Crippen molar-refractivity contribution in [2.45, 2.75) is 6.82 Å². The molecule has 0 bridgehead atoms. The summed E-state index contributed by atoms with van der Waals surface area (Å²) >= 11 is 0. The molecule has 0 saturated heterocycles. The molecule has 0 N–H and O–H groups in total. The summed E-state index contributed by atoms with van der Waals surface area (Å²) in [5, 5.41) is 2.21. The minimum atomic E-state index is 0.765. The zero-order chi connectivity index (χ0) is 11.1. The van der Waals surface area contributed by atoms with E-state index in [1.807, 2.05) is 37.2 Å². The molecule has 1 heterocycles. The molecule has 0 unspecified atom stereocenters. The Bertz CT molecular complexity index is 670. The second-order valence-corrected chi connectivity index (χ2v) is 3.90. The molecule has 0 amide bonds. The van der Waals surface area contributed by atoms with E-state index in [1.54, 1.807) is 0 Å². The van der Waals surface area contributed by atoms with E-state index in [9.17, 15) is 0 Å². The first-order valence-corrected chi connectivity index (χ1v) is 5.29. The SMILES string of the molecule is [B]c1ccc2oc3ccc([B]C)cc3c2c1. The Hall–Kier alpha value is -1.63. The van der Waals surface area contributed by atoms with Crippen molar-refractivity contribution in [3.05, 3.63) is 36.4 Å². The van der Waals surface area contributed by atoms with Gasteiger partial charge in [0.1, 0.15) is 26.3 Å². The number of rotatable bonds is 1. The van der Waals surface area contributed by atoms with Gasteiger partial charge in [-0.1, -0.05) is 42.0 Å². The van der Waals surface area contributed by atoms with E-state index < -0.39 is 0 Å². The lowest BCUT2D eigenvalue weighted by Crippen LogP contribution is -2.08. The van der Waals surface area contributed by atoms with Crippen LogP contribution in [0.5, 0.6) is 0 Å². The van der Waals surface area contributed by atoms with Gasteiger partial charge in [-0.05, 0) is 12.1 Å². The highest BCUT2D eigenvalue weighted by Crippen LogP contribution is 2.26. The molecule has 1 aromatic heterocycles. The van der Waals surface area contributed by atoms with Crippen LogP contribution in [0, 0.1) is 0 Å². The topological polar surface area (TPSA) is 13.1 Å². The highest BCUT2D eigenvalue weighted by molar-refractivity contribution is 6.52. The molecular formula is C13H9B2O. The van der Waals surface area contributed by atoms with Crippen LogP contribution in [0.3, 0.4) is 0 Å². The van der Waals surface area contributed by atoms with Gasteiger partial charge in [0.05, 0.1) is 0 Å². The van der Waals surface area contributed by atoms with Crippen molar-refractivity contribution in [2.75, 3.05) is 0 Å². The molecule has 3 aromatic rings. The van der Waals surface area contributed by atoms with Gasteiger partial charge in [-0.3, -0.25) is 0 Å². The van der Waals surface area contributed by atoms with E-state index in [0.29, 0.717) is 0 Å². The maximum Gasteiger partial charge on any atom is 0.148 e. The van der Waals surface area contributed by atoms with Crippen LogP contribution in [0.4, 0.5) is 0 Å². The molecule has 0 atom stereocenters. The van der Waals surface area contributed by atoms with Gasteiger partial charge in [-0.2, -0.15) is 0 Å². The molecule has 3 heteroatoms. The third-order valence-corrected chi connectivity index (χ3v) is 2.85. The Kier molecular flexibility index (Phi) is 2.06. The van der Waals surface area contributed by atoms with Gasteiger partial charge in [0, 0.05) is 10.8 Å². The van der Waals surface area contributed by atoms with E-state index in [2.05, 4.69) is 13.3 Å². The van der Waals surface area contributed by atoms with Gasteiger partial charge >= 0.3 is 0 Å². The van der Waals surface area contributed by atoms with E-state index in [0.717, 1.165) is 27.4 Å². The number of hydrogen-bond acceptors (Lipinski definition) is 1. The van der Waals surface area contributed by atoms with Crippen LogP contribution >= 0.6 is 0 Å². The smallest absolute Gasteiger partial charge is 0.148 e. The molecule has 0 aliphatic rings. The average molecular weight is 203 g/mol. The Balaban J connectivity index is 2.44. The molecule has 0 aliphatic carbocycles. The lowest BCUT2D eigenvalue weighted by atomic mass is 9.73. The zero-order valence-electron chi connectivity index (χ0n) is 9.03. The Morgan fingerprint density at radius 3 is 2.44 bits per heavy atom. The first-order valence-electron chi connectivity index (χ1n) is 5.29. The molecule has 73 valence electrons. The van der Waals surface area contributed by atoms with E-state index in [1.165, 1.54) is 5.46 Å². The quantitative estimate of drug-likeness (QED) is 0.549. The van der Waals surface area contributed by atoms with E-state index in [4.69, 9.17) is 12.3 Å². The van der Waals surface area contributed by atoms with Gasteiger partial charge < -0.3 is 4.42 Å². The van der Waals surface area contributed by atoms with Crippen molar-refractivity contribution in [3.8, 4) is 0 Å². The standard InChI is InChI=1S/C13H9B2O/c1-15-9-3-5-13-11(7-9)10-6-8(14)2-4-12(10)16-13/h2-7H,1H3.